The summed E-state index contributed by atoms with van der Waals surface area (Å²) in [6, 6.07) is 8.33. The van der Waals surface area contributed by atoms with Crippen molar-refractivity contribution in [1.29, 1.82) is 0 Å². The molecule has 150 valence electrons. The smallest absolute Gasteiger partial charge is 0.256 e. The van der Waals surface area contributed by atoms with Gasteiger partial charge in [-0.15, -0.1) is 0 Å². The number of carbonyl (C=O) groups is 1. The lowest BCUT2D eigenvalue weighted by Gasteiger charge is -2.38. The lowest BCUT2D eigenvalue weighted by atomic mass is 9.91. The number of amides is 1. The minimum Gasteiger partial charge on any atom is -0.497 e. The fourth-order valence-corrected chi connectivity index (χ4v) is 3.46. The predicted octanol–water partition coefficient (Wildman–Crippen LogP) is 1.92. The third-order valence-electron chi connectivity index (χ3n) is 5.08. The van der Waals surface area contributed by atoms with E-state index in [1.165, 1.54) is 18.1 Å². The molecule has 1 amide bonds. The Morgan fingerprint density at radius 3 is 2.86 bits per heavy atom. The van der Waals surface area contributed by atoms with Gasteiger partial charge in [0.15, 0.2) is 5.60 Å². The molecular formula is C21H26FN3O3. The highest BCUT2D eigenvalue weighted by Crippen LogP contribution is 2.25. The van der Waals surface area contributed by atoms with Crippen LogP contribution in [-0.4, -0.2) is 53.2 Å². The Balaban J connectivity index is 1.58. The fourth-order valence-electron chi connectivity index (χ4n) is 3.46. The normalized spacial score (nSPS) is 19.7. The van der Waals surface area contributed by atoms with Gasteiger partial charge in [-0.3, -0.25) is 9.78 Å². The van der Waals surface area contributed by atoms with Gasteiger partial charge in [-0.25, -0.2) is 4.39 Å². The maximum Gasteiger partial charge on any atom is 0.256 e. The summed E-state index contributed by atoms with van der Waals surface area (Å²) in [5.41, 5.74) is 0.0495. The molecule has 0 bridgehead atoms. The van der Waals surface area contributed by atoms with Crippen LogP contribution >= 0.6 is 0 Å². The second-order valence-corrected chi connectivity index (χ2v) is 7.10. The molecule has 1 aliphatic heterocycles. The number of aromatic nitrogens is 1. The SMILES string of the molecule is COc1ccc(F)c(CN2CCC[C@@](O)(CNCCc3ccncc3)C2=O)c1. The number of benzene rings is 1. The average Bonchev–Trinajstić information content (AvgIpc) is 2.71. The molecule has 1 aromatic carbocycles. The monoisotopic (exact) mass is 387 g/mol. The number of likely N-dealkylation sites (tertiary alicyclic amines) is 1. The number of halogens is 1. The van der Waals surface area contributed by atoms with Gasteiger partial charge >= 0.3 is 0 Å². The van der Waals surface area contributed by atoms with E-state index >= 15 is 0 Å². The number of hydrogen-bond acceptors (Lipinski definition) is 5. The summed E-state index contributed by atoms with van der Waals surface area (Å²) in [6.07, 6.45) is 5.32. The molecule has 1 aromatic heterocycles. The average molecular weight is 387 g/mol. The Kier molecular flexibility index (Phi) is 6.59. The fraction of sp³-hybridized carbons (Fsp3) is 0.429. The topological polar surface area (TPSA) is 74.7 Å². The summed E-state index contributed by atoms with van der Waals surface area (Å²) < 4.78 is 19.3. The number of hydrogen-bond donors (Lipinski definition) is 2. The van der Waals surface area contributed by atoms with E-state index < -0.39 is 11.4 Å². The van der Waals surface area contributed by atoms with Crippen molar-refractivity contribution in [2.45, 2.75) is 31.4 Å². The summed E-state index contributed by atoms with van der Waals surface area (Å²) in [4.78, 5) is 18.4. The molecule has 28 heavy (non-hydrogen) atoms. The van der Waals surface area contributed by atoms with E-state index in [-0.39, 0.29) is 19.0 Å². The molecule has 0 radical (unpaired) electrons. The van der Waals surface area contributed by atoms with Gasteiger partial charge in [0.25, 0.3) is 5.91 Å². The number of rotatable bonds is 8. The molecule has 0 aliphatic carbocycles. The minimum absolute atomic E-state index is 0.112. The van der Waals surface area contributed by atoms with Crippen molar-refractivity contribution in [3.63, 3.8) is 0 Å². The van der Waals surface area contributed by atoms with Gasteiger partial charge in [0.05, 0.1) is 7.11 Å². The minimum atomic E-state index is -1.47. The predicted molar refractivity (Wildman–Crippen MR) is 103 cm³/mol. The summed E-state index contributed by atoms with van der Waals surface area (Å²) in [7, 11) is 1.51. The largest absolute Gasteiger partial charge is 0.497 e. The lowest BCUT2D eigenvalue weighted by Crippen LogP contribution is -2.57. The molecule has 3 rings (SSSR count). The molecule has 2 N–H and O–H groups in total. The molecule has 7 heteroatoms. The number of carbonyl (C=O) groups excluding carboxylic acids is 1. The highest BCUT2D eigenvalue weighted by molar-refractivity contribution is 5.86. The molecule has 0 saturated carbocycles. The number of piperidine rings is 1. The Hall–Kier alpha value is -2.51. The third kappa shape index (κ3) is 4.85. The van der Waals surface area contributed by atoms with Crippen molar-refractivity contribution in [2.24, 2.45) is 0 Å². The van der Waals surface area contributed by atoms with Crippen molar-refractivity contribution in [3.05, 3.63) is 59.7 Å². The van der Waals surface area contributed by atoms with Gasteiger partial charge in [0, 0.05) is 37.6 Å². The van der Waals surface area contributed by atoms with E-state index in [9.17, 15) is 14.3 Å². The van der Waals surface area contributed by atoms with Crippen LogP contribution in [0.2, 0.25) is 0 Å². The van der Waals surface area contributed by atoms with Crippen LogP contribution in [0.1, 0.15) is 24.0 Å². The Labute approximate surface area is 164 Å². The van der Waals surface area contributed by atoms with Crippen LogP contribution in [-0.2, 0) is 17.8 Å². The molecule has 0 unspecified atom stereocenters. The van der Waals surface area contributed by atoms with Crippen molar-refractivity contribution >= 4 is 5.91 Å². The highest BCUT2D eigenvalue weighted by atomic mass is 19.1. The second kappa shape index (κ2) is 9.12. The van der Waals surface area contributed by atoms with Crippen LogP contribution < -0.4 is 10.1 Å². The summed E-state index contributed by atoms with van der Waals surface area (Å²) in [5, 5.41) is 14.0. The van der Waals surface area contributed by atoms with E-state index in [1.54, 1.807) is 24.5 Å². The molecule has 2 heterocycles. The number of ether oxygens (including phenoxy) is 1. The van der Waals surface area contributed by atoms with E-state index in [0.29, 0.717) is 37.2 Å². The summed E-state index contributed by atoms with van der Waals surface area (Å²) in [5.74, 6) is -0.218. The Bertz CT molecular complexity index is 803. The summed E-state index contributed by atoms with van der Waals surface area (Å²) in [6.45, 7) is 1.42. The van der Waals surface area contributed by atoms with Crippen molar-refractivity contribution in [2.75, 3.05) is 26.7 Å². The van der Waals surface area contributed by atoms with E-state index in [0.717, 1.165) is 12.0 Å². The number of pyridine rings is 1. The van der Waals surface area contributed by atoms with Crippen LogP contribution in [0.15, 0.2) is 42.7 Å². The molecular weight excluding hydrogens is 361 g/mol. The van der Waals surface area contributed by atoms with Crippen LogP contribution in [0.4, 0.5) is 4.39 Å². The van der Waals surface area contributed by atoms with Gasteiger partial charge in [-0.1, -0.05) is 0 Å². The van der Waals surface area contributed by atoms with Crippen LogP contribution in [0.25, 0.3) is 0 Å². The Morgan fingerprint density at radius 2 is 2.11 bits per heavy atom. The standard InChI is InChI=1S/C21H26FN3O3/c1-28-18-3-4-19(22)17(13-18)14-25-12-2-8-21(27,20(25)26)15-24-11-7-16-5-9-23-10-6-16/h3-6,9-10,13,24,27H,2,7-8,11-12,14-15H2,1H3/t21-/m1/s1. The van der Waals surface area contributed by atoms with Crippen molar-refractivity contribution in [1.82, 2.24) is 15.2 Å². The number of aliphatic hydroxyl groups is 1. The maximum absolute atomic E-state index is 14.1. The van der Waals surface area contributed by atoms with Gasteiger partial charge < -0.3 is 20.1 Å². The van der Waals surface area contributed by atoms with E-state index in [2.05, 4.69) is 10.3 Å². The van der Waals surface area contributed by atoms with Crippen molar-refractivity contribution in [3.8, 4) is 5.75 Å². The van der Waals surface area contributed by atoms with E-state index in [4.69, 9.17) is 4.74 Å². The first-order valence-electron chi connectivity index (χ1n) is 9.45. The van der Waals surface area contributed by atoms with E-state index in [1.807, 2.05) is 12.1 Å². The first kappa shape index (κ1) is 20.2. The molecule has 6 nitrogen and oxygen atoms in total. The van der Waals surface area contributed by atoms with Crippen molar-refractivity contribution < 1.29 is 19.0 Å². The van der Waals surface area contributed by atoms with Gasteiger partial charge in [-0.05, 0) is 61.7 Å². The number of nitrogens with zero attached hydrogens (tertiary/aromatic N) is 2. The lowest BCUT2D eigenvalue weighted by molar-refractivity contribution is -0.157. The number of methoxy groups -OCH3 is 1. The molecule has 1 atom stereocenters. The first-order valence-corrected chi connectivity index (χ1v) is 9.45. The number of nitrogens with one attached hydrogen (secondary N) is 1. The van der Waals surface area contributed by atoms with Gasteiger partial charge in [0.2, 0.25) is 0 Å². The molecule has 1 fully saturated rings. The zero-order chi connectivity index (χ0) is 20.0. The molecule has 2 aromatic rings. The molecule has 0 spiro atoms. The van der Waals surface area contributed by atoms with Crippen LogP contribution in [0.5, 0.6) is 5.75 Å². The third-order valence-corrected chi connectivity index (χ3v) is 5.08. The van der Waals surface area contributed by atoms with Gasteiger partial charge in [-0.2, -0.15) is 0 Å². The van der Waals surface area contributed by atoms with Crippen LogP contribution in [0.3, 0.4) is 0 Å². The zero-order valence-electron chi connectivity index (χ0n) is 16.0. The van der Waals surface area contributed by atoms with Crippen LogP contribution in [0, 0.1) is 5.82 Å². The Morgan fingerprint density at radius 1 is 1.32 bits per heavy atom. The highest BCUT2D eigenvalue weighted by Gasteiger charge is 2.41. The first-order chi connectivity index (χ1) is 13.5. The quantitative estimate of drug-likeness (QED) is 0.677. The van der Waals surface area contributed by atoms with Gasteiger partial charge in [0.1, 0.15) is 11.6 Å². The summed E-state index contributed by atoms with van der Waals surface area (Å²) >= 11 is 0. The second-order valence-electron chi connectivity index (χ2n) is 7.10. The molecule has 1 aliphatic rings. The zero-order valence-corrected chi connectivity index (χ0v) is 16.0. The molecule has 1 saturated heterocycles. The maximum atomic E-state index is 14.1.